The summed E-state index contributed by atoms with van der Waals surface area (Å²) in [6, 6.07) is 6.45. The Balaban J connectivity index is 3.55. The zero-order chi connectivity index (χ0) is 21.8. The molecule has 0 bridgehead atoms. The molecule has 0 aliphatic carbocycles. The Bertz CT molecular complexity index is 759. The molecule has 0 saturated carbocycles. The second-order valence-electron chi connectivity index (χ2n) is 8.07. The van der Waals surface area contributed by atoms with Crippen molar-refractivity contribution in [3.8, 4) is 0 Å². The molecule has 0 amide bonds. The third-order valence-corrected chi connectivity index (χ3v) is 6.03. The molecule has 0 nitrogen and oxygen atoms in total. The van der Waals surface area contributed by atoms with Crippen LogP contribution in [0.3, 0.4) is 0 Å². The van der Waals surface area contributed by atoms with Gasteiger partial charge in [0.05, 0.1) is 0 Å². The summed E-state index contributed by atoms with van der Waals surface area (Å²) in [5, 5.41) is 0.833. The molecule has 0 saturated heterocycles. The minimum absolute atomic E-state index is 0.368. The fourth-order valence-electron chi connectivity index (χ4n) is 3.62. The van der Waals surface area contributed by atoms with Gasteiger partial charge in [-0.3, -0.25) is 0 Å². The predicted octanol–water partition coefficient (Wildman–Crippen LogP) is 9.75. The number of rotatable bonds is 11. The molecule has 0 aliphatic heterocycles. The van der Waals surface area contributed by atoms with E-state index in [0.717, 1.165) is 30.7 Å². The number of benzene rings is 1. The third-order valence-electron chi connectivity index (χ3n) is 5.80. The van der Waals surface area contributed by atoms with Crippen molar-refractivity contribution in [2.75, 3.05) is 0 Å². The topological polar surface area (TPSA) is 0 Å². The highest BCUT2D eigenvalue weighted by atomic mass is 35.5. The number of hydrogen-bond acceptors (Lipinski definition) is 0. The van der Waals surface area contributed by atoms with Crippen LogP contribution >= 0.6 is 11.6 Å². The first-order valence-corrected chi connectivity index (χ1v) is 11.8. The van der Waals surface area contributed by atoms with Crippen LogP contribution in [-0.4, -0.2) is 0 Å². The average molecular weight is 413 g/mol. The lowest BCUT2D eigenvalue weighted by atomic mass is 9.83. The Morgan fingerprint density at radius 3 is 2.38 bits per heavy atom. The van der Waals surface area contributed by atoms with Gasteiger partial charge in [0.25, 0.3) is 0 Å². The van der Waals surface area contributed by atoms with Gasteiger partial charge in [-0.15, -0.1) is 0 Å². The zero-order valence-electron chi connectivity index (χ0n) is 19.7. The van der Waals surface area contributed by atoms with Gasteiger partial charge in [0.15, 0.2) is 0 Å². The standard InChI is InChI=1S/C28H41Cl/c1-8-12-15-27(28-20-26(29)19-18-25(28)14-10-3)23(7)22(6)24(13-9-2)17-16-21(5)11-4/h9,13,16-20,22H,8,10-12,14-15H2,1-7H3/b13-9-,21-16+,24-17+,27-23+. The fraction of sp³-hybridized carbons (Fsp3) is 0.500. The number of halogens is 1. The summed E-state index contributed by atoms with van der Waals surface area (Å²) in [5.41, 5.74) is 8.50. The maximum atomic E-state index is 6.44. The molecule has 0 fully saturated rings. The number of unbranched alkanes of at least 4 members (excludes halogenated alkanes) is 1. The number of allylic oxidation sites excluding steroid dienone is 8. The van der Waals surface area contributed by atoms with E-state index in [2.05, 4.69) is 84.9 Å². The maximum absolute atomic E-state index is 6.44. The zero-order valence-corrected chi connectivity index (χ0v) is 20.5. The van der Waals surface area contributed by atoms with Crippen LogP contribution in [0, 0.1) is 5.92 Å². The van der Waals surface area contributed by atoms with Crippen LogP contribution in [0.25, 0.3) is 5.57 Å². The van der Waals surface area contributed by atoms with E-state index >= 15 is 0 Å². The Morgan fingerprint density at radius 1 is 1.07 bits per heavy atom. The van der Waals surface area contributed by atoms with E-state index in [9.17, 15) is 0 Å². The molecule has 1 aromatic rings. The van der Waals surface area contributed by atoms with E-state index in [1.54, 1.807) is 0 Å². The maximum Gasteiger partial charge on any atom is 0.0412 e. The van der Waals surface area contributed by atoms with Crippen LogP contribution in [0.1, 0.15) is 91.7 Å². The van der Waals surface area contributed by atoms with Gasteiger partial charge < -0.3 is 0 Å². The highest BCUT2D eigenvalue weighted by Gasteiger charge is 2.17. The van der Waals surface area contributed by atoms with Crippen molar-refractivity contribution in [1.82, 2.24) is 0 Å². The van der Waals surface area contributed by atoms with Crippen molar-refractivity contribution in [2.45, 2.75) is 87.0 Å². The summed E-state index contributed by atoms with van der Waals surface area (Å²) in [6.45, 7) is 15.7. The monoisotopic (exact) mass is 412 g/mol. The van der Waals surface area contributed by atoms with E-state index in [1.807, 2.05) is 6.07 Å². The average Bonchev–Trinajstić information content (AvgIpc) is 2.72. The van der Waals surface area contributed by atoms with Crippen molar-refractivity contribution in [2.24, 2.45) is 5.92 Å². The van der Waals surface area contributed by atoms with Crippen molar-refractivity contribution in [1.29, 1.82) is 0 Å². The van der Waals surface area contributed by atoms with Crippen LogP contribution in [-0.2, 0) is 6.42 Å². The first kappa shape index (κ1) is 25.5. The van der Waals surface area contributed by atoms with Crippen molar-refractivity contribution >= 4 is 17.2 Å². The van der Waals surface area contributed by atoms with E-state index in [1.165, 1.54) is 46.3 Å². The Labute approximate surface area is 185 Å². The van der Waals surface area contributed by atoms with Gasteiger partial charge in [-0.25, -0.2) is 0 Å². The summed E-state index contributed by atoms with van der Waals surface area (Å²) in [7, 11) is 0. The van der Waals surface area contributed by atoms with Gasteiger partial charge >= 0.3 is 0 Å². The second kappa shape index (κ2) is 13.6. The van der Waals surface area contributed by atoms with Crippen LogP contribution in [0.4, 0.5) is 0 Å². The van der Waals surface area contributed by atoms with Gasteiger partial charge in [0.1, 0.15) is 0 Å². The minimum Gasteiger partial charge on any atom is -0.0874 e. The van der Waals surface area contributed by atoms with Gasteiger partial charge in [-0.05, 0) is 80.9 Å². The van der Waals surface area contributed by atoms with E-state index < -0.39 is 0 Å². The second-order valence-corrected chi connectivity index (χ2v) is 8.51. The molecular weight excluding hydrogens is 372 g/mol. The summed E-state index contributed by atoms with van der Waals surface area (Å²) >= 11 is 6.44. The molecule has 160 valence electrons. The van der Waals surface area contributed by atoms with Gasteiger partial charge in [0.2, 0.25) is 0 Å². The third kappa shape index (κ3) is 8.01. The summed E-state index contributed by atoms with van der Waals surface area (Å²) in [4.78, 5) is 0. The molecule has 1 unspecified atom stereocenters. The lowest BCUT2D eigenvalue weighted by Crippen LogP contribution is -2.05. The smallest absolute Gasteiger partial charge is 0.0412 e. The molecule has 0 heterocycles. The van der Waals surface area contributed by atoms with Crippen molar-refractivity contribution < 1.29 is 0 Å². The molecule has 0 spiro atoms. The molecule has 0 aliphatic rings. The van der Waals surface area contributed by atoms with Gasteiger partial charge in [-0.2, -0.15) is 0 Å². The van der Waals surface area contributed by atoms with Crippen LogP contribution in [0.5, 0.6) is 0 Å². The molecule has 1 heteroatoms. The molecule has 29 heavy (non-hydrogen) atoms. The van der Waals surface area contributed by atoms with Crippen molar-refractivity contribution in [3.05, 3.63) is 75.4 Å². The first-order valence-electron chi connectivity index (χ1n) is 11.4. The molecular formula is C28H41Cl. The quantitative estimate of drug-likeness (QED) is 0.317. The number of aryl methyl sites for hydroxylation is 1. The van der Waals surface area contributed by atoms with Crippen LogP contribution in [0.2, 0.25) is 5.02 Å². The molecule has 0 N–H and O–H groups in total. The predicted molar refractivity (Wildman–Crippen MR) is 134 cm³/mol. The van der Waals surface area contributed by atoms with E-state index in [4.69, 9.17) is 11.6 Å². The highest BCUT2D eigenvalue weighted by Crippen LogP contribution is 2.35. The highest BCUT2D eigenvalue weighted by molar-refractivity contribution is 6.30. The van der Waals surface area contributed by atoms with Crippen molar-refractivity contribution in [3.63, 3.8) is 0 Å². The van der Waals surface area contributed by atoms with Gasteiger partial charge in [0, 0.05) is 10.9 Å². The molecule has 1 rings (SSSR count). The molecule has 1 atom stereocenters. The Kier molecular flexibility index (Phi) is 12.0. The Hall–Kier alpha value is -1.53. The lowest BCUT2D eigenvalue weighted by Gasteiger charge is -2.22. The lowest BCUT2D eigenvalue weighted by molar-refractivity contribution is 0.785. The number of hydrogen-bond donors (Lipinski definition) is 0. The molecule has 0 aromatic heterocycles. The SMILES string of the molecule is C\C=C/C(=C\C=C(/C)CC)C(C)/C(C)=C(\CCCC)c1cc(Cl)ccc1CCC. The van der Waals surface area contributed by atoms with Crippen LogP contribution < -0.4 is 0 Å². The van der Waals surface area contributed by atoms with Gasteiger partial charge in [-0.1, -0.05) is 93.7 Å². The summed E-state index contributed by atoms with van der Waals surface area (Å²) < 4.78 is 0. The Morgan fingerprint density at radius 2 is 1.79 bits per heavy atom. The summed E-state index contributed by atoms with van der Waals surface area (Å²) in [6.07, 6.45) is 15.8. The molecule has 0 radical (unpaired) electrons. The summed E-state index contributed by atoms with van der Waals surface area (Å²) in [5.74, 6) is 0.368. The normalized spacial score (nSPS) is 15.0. The van der Waals surface area contributed by atoms with Crippen LogP contribution in [0.15, 0.2) is 59.2 Å². The largest absolute Gasteiger partial charge is 0.0874 e. The van der Waals surface area contributed by atoms with E-state index in [-0.39, 0.29) is 0 Å². The van der Waals surface area contributed by atoms with E-state index in [0.29, 0.717) is 5.92 Å². The first-order chi connectivity index (χ1) is 13.9. The fourth-order valence-corrected chi connectivity index (χ4v) is 3.79. The molecule has 1 aromatic carbocycles. The minimum atomic E-state index is 0.368.